The van der Waals surface area contributed by atoms with Crippen LogP contribution in [0.5, 0.6) is 11.5 Å². The number of para-hydroxylation sites is 1. The highest BCUT2D eigenvalue weighted by atomic mass is 32.2. The summed E-state index contributed by atoms with van der Waals surface area (Å²) in [7, 11) is 3.69. The van der Waals surface area contributed by atoms with E-state index in [1.165, 1.54) is 11.8 Å². The Morgan fingerprint density at radius 3 is 2.59 bits per heavy atom. The van der Waals surface area contributed by atoms with Crippen LogP contribution in [0.3, 0.4) is 0 Å². The average molecular weight is 446 g/mol. The minimum atomic E-state index is -0.379. The van der Waals surface area contributed by atoms with E-state index in [2.05, 4.69) is 18.0 Å². The van der Waals surface area contributed by atoms with Crippen LogP contribution in [0.15, 0.2) is 59.6 Å². The first-order valence-electron chi connectivity index (χ1n) is 10.3. The van der Waals surface area contributed by atoms with Crippen LogP contribution in [-0.2, 0) is 17.8 Å². The minimum absolute atomic E-state index is 0.0668. The van der Waals surface area contributed by atoms with Crippen molar-refractivity contribution >= 4 is 17.7 Å². The van der Waals surface area contributed by atoms with Gasteiger partial charge in [0.05, 0.1) is 18.4 Å². The summed E-state index contributed by atoms with van der Waals surface area (Å²) in [6, 6.07) is 19.0. The Labute approximate surface area is 191 Å². The SMILES string of the molecule is COc1ccc(-c2c(C#N)c(SCC(=O)Oc3ccccc3)nc3c2CN(C)CC3)cc1. The lowest BCUT2D eigenvalue weighted by Crippen LogP contribution is -2.28. The second-order valence-electron chi connectivity index (χ2n) is 7.50. The van der Waals surface area contributed by atoms with Gasteiger partial charge in [-0.25, -0.2) is 4.98 Å². The van der Waals surface area contributed by atoms with Crippen LogP contribution in [0.2, 0.25) is 0 Å². The van der Waals surface area contributed by atoms with Crippen LogP contribution < -0.4 is 9.47 Å². The van der Waals surface area contributed by atoms with E-state index in [0.29, 0.717) is 16.3 Å². The van der Waals surface area contributed by atoms with Crippen LogP contribution >= 0.6 is 11.8 Å². The molecule has 0 fully saturated rings. The van der Waals surface area contributed by atoms with Gasteiger partial charge in [-0.3, -0.25) is 4.79 Å². The van der Waals surface area contributed by atoms with Gasteiger partial charge >= 0.3 is 5.97 Å². The Balaban J connectivity index is 1.68. The summed E-state index contributed by atoms with van der Waals surface area (Å²) < 4.78 is 10.7. The molecule has 32 heavy (non-hydrogen) atoms. The number of carbonyl (C=O) groups excluding carboxylic acids is 1. The molecule has 0 saturated heterocycles. The average Bonchev–Trinajstić information content (AvgIpc) is 2.82. The Kier molecular flexibility index (Phi) is 6.74. The highest BCUT2D eigenvalue weighted by molar-refractivity contribution is 7.99. The molecule has 3 aromatic rings. The van der Waals surface area contributed by atoms with Crippen molar-refractivity contribution in [2.45, 2.75) is 18.0 Å². The molecule has 7 heteroatoms. The number of likely N-dealkylation sites (N-methyl/N-ethyl adjacent to an activating group) is 1. The maximum Gasteiger partial charge on any atom is 0.321 e. The Morgan fingerprint density at radius 2 is 1.91 bits per heavy atom. The lowest BCUT2D eigenvalue weighted by atomic mass is 9.92. The normalized spacial score (nSPS) is 13.2. The largest absolute Gasteiger partial charge is 0.497 e. The molecular formula is C25H23N3O3S. The van der Waals surface area contributed by atoms with E-state index < -0.39 is 0 Å². The number of esters is 1. The fourth-order valence-electron chi connectivity index (χ4n) is 3.73. The molecule has 2 aromatic carbocycles. The Morgan fingerprint density at radius 1 is 1.16 bits per heavy atom. The van der Waals surface area contributed by atoms with Crippen molar-refractivity contribution in [2.75, 3.05) is 26.5 Å². The minimum Gasteiger partial charge on any atom is -0.497 e. The van der Waals surface area contributed by atoms with E-state index >= 15 is 0 Å². The molecule has 4 rings (SSSR count). The maximum absolute atomic E-state index is 12.4. The summed E-state index contributed by atoms with van der Waals surface area (Å²) in [6.07, 6.45) is 0.794. The number of nitrogens with zero attached hydrogens (tertiary/aromatic N) is 3. The third-order valence-corrected chi connectivity index (χ3v) is 6.25. The first-order valence-corrected chi connectivity index (χ1v) is 11.2. The van der Waals surface area contributed by atoms with E-state index in [4.69, 9.17) is 14.5 Å². The molecular weight excluding hydrogens is 422 g/mol. The number of fused-ring (bicyclic) bond motifs is 1. The van der Waals surface area contributed by atoms with Crippen molar-refractivity contribution in [1.82, 2.24) is 9.88 Å². The number of methoxy groups -OCH3 is 1. The van der Waals surface area contributed by atoms with Gasteiger partial charge in [0.2, 0.25) is 0 Å². The van der Waals surface area contributed by atoms with Gasteiger partial charge in [-0.2, -0.15) is 5.26 Å². The van der Waals surface area contributed by atoms with Gasteiger partial charge in [0.15, 0.2) is 0 Å². The lowest BCUT2D eigenvalue weighted by Gasteiger charge is -2.28. The molecule has 0 atom stereocenters. The van der Waals surface area contributed by atoms with Crippen LogP contribution in [-0.4, -0.2) is 42.3 Å². The molecule has 0 aliphatic carbocycles. The summed E-state index contributed by atoms with van der Waals surface area (Å²) >= 11 is 1.24. The Bertz CT molecular complexity index is 1160. The van der Waals surface area contributed by atoms with E-state index in [9.17, 15) is 10.1 Å². The van der Waals surface area contributed by atoms with Gasteiger partial charge < -0.3 is 14.4 Å². The number of rotatable bonds is 6. The monoisotopic (exact) mass is 445 g/mol. The number of ether oxygens (including phenoxy) is 2. The molecule has 0 unspecified atom stereocenters. The van der Waals surface area contributed by atoms with Gasteiger partial charge in [0.25, 0.3) is 0 Å². The standard InChI is InChI=1S/C25H23N3O3S/c1-28-13-12-22-21(15-28)24(17-8-10-18(30-2)11-9-17)20(14-26)25(27-22)32-16-23(29)31-19-6-4-3-5-7-19/h3-11H,12-13,15-16H2,1-2H3. The van der Waals surface area contributed by atoms with Crippen molar-refractivity contribution in [1.29, 1.82) is 5.26 Å². The molecule has 0 spiro atoms. The summed E-state index contributed by atoms with van der Waals surface area (Å²) in [5.74, 6) is 0.942. The fourth-order valence-corrected chi connectivity index (χ4v) is 4.51. The number of thioether (sulfide) groups is 1. The zero-order valence-electron chi connectivity index (χ0n) is 18.0. The number of benzene rings is 2. The highest BCUT2D eigenvalue weighted by Crippen LogP contribution is 2.37. The van der Waals surface area contributed by atoms with Crippen LogP contribution in [0, 0.1) is 11.3 Å². The van der Waals surface area contributed by atoms with Gasteiger partial charge in [-0.15, -0.1) is 0 Å². The topological polar surface area (TPSA) is 75.4 Å². The van der Waals surface area contributed by atoms with E-state index in [1.54, 1.807) is 19.2 Å². The highest BCUT2D eigenvalue weighted by Gasteiger charge is 2.25. The number of hydrogen-bond acceptors (Lipinski definition) is 7. The second kappa shape index (κ2) is 9.86. The van der Waals surface area contributed by atoms with Crippen molar-refractivity contribution in [3.8, 4) is 28.7 Å². The molecule has 1 aliphatic heterocycles. The lowest BCUT2D eigenvalue weighted by molar-refractivity contribution is -0.131. The van der Waals surface area contributed by atoms with Gasteiger partial charge in [0, 0.05) is 30.8 Å². The predicted molar refractivity (Wildman–Crippen MR) is 124 cm³/mol. The number of nitriles is 1. The summed E-state index contributed by atoms with van der Waals surface area (Å²) in [5, 5.41) is 10.6. The molecule has 0 bridgehead atoms. The smallest absolute Gasteiger partial charge is 0.321 e. The second-order valence-corrected chi connectivity index (χ2v) is 8.46. The molecule has 0 radical (unpaired) electrons. The zero-order valence-corrected chi connectivity index (χ0v) is 18.8. The number of pyridine rings is 1. The summed E-state index contributed by atoms with van der Waals surface area (Å²) in [6.45, 7) is 1.62. The van der Waals surface area contributed by atoms with Crippen LogP contribution in [0.1, 0.15) is 16.8 Å². The molecule has 1 aliphatic rings. The molecule has 2 heterocycles. The molecule has 162 valence electrons. The van der Waals surface area contributed by atoms with Crippen LogP contribution in [0.4, 0.5) is 0 Å². The predicted octanol–water partition coefficient (Wildman–Crippen LogP) is 4.31. The summed E-state index contributed by atoms with van der Waals surface area (Å²) in [5.41, 5.74) is 4.35. The first-order chi connectivity index (χ1) is 15.6. The molecule has 1 aromatic heterocycles. The van der Waals surface area contributed by atoms with Crippen molar-refractivity contribution < 1.29 is 14.3 Å². The number of aromatic nitrogens is 1. The van der Waals surface area contributed by atoms with E-state index in [-0.39, 0.29) is 11.7 Å². The zero-order chi connectivity index (χ0) is 22.5. The third kappa shape index (κ3) is 4.77. The first kappa shape index (κ1) is 21.9. The summed E-state index contributed by atoms with van der Waals surface area (Å²) in [4.78, 5) is 19.4. The van der Waals surface area contributed by atoms with Crippen molar-refractivity contribution in [2.24, 2.45) is 0 Å². The van der Waals surface area contributed by atoms with Gasteiger partial charge in [-0.05, 0) is 42.4 Å². The molecule has 0 amide bonds. The van der Waals surface area contributed by atoms with E-state index in [0.717, 1.165) is 47.6 Å². The van der Waals surface area contributed by atoms with E-state index in [1.807, 2.05) is 42.5 Å². The third-order valence-electron chi connectivity index (χ3n) is 5.30. The molecule has 0 N–H and O–H groups in total. The fraction of sp³-hybridized carbons (Fsp3) is 0.240. The van der Waals surface area contributed by atoms with Gasteiger partial charge in [-0.1, -0.05) is 42.1 Å². The van der Waals surface area contributed by atoms with Crippen molar-refractivity contribution in [3.05, 3.63) is 71.4 Å². The maximum atomic E-state index is 12.4. The quantitative estimate of drug-likeness (QED) is 0.318. The van der Waals surface area contributed by atoms with Crippen molar-refractivity contribution in [3.63, 3.8) is 0 Å². The molecule has 0 saturated carbocycles. The van der Waals surface area contributed by atoms with Gasteiger partial charge in [0.1, 0.15) is 22.6 Å². The molecule has 6 nitrogen and oxygen atoms in total. The number of hydrogen-bond donors (Lipinski definition) is 0. The number of carbonyl (C=O) groups is 1. The Hall–Kier alpha value is -3.34. The van der Waals surface area contributed by atoms with Crippen LogP contribution in [0.25, 0.3) is 11.1 Å².